The van der Waals surface area contributed by atoms with Gasteiger partial charge in [0.25, 0.3) is 0 Å². The third-order valence-corrected chi connectivity index (χ3v) is 2.72. The highest BCUT2D eigenvalue weighted by atomic mass is 16.6. The summed E-state index contributed by atoms with van der Waals surface area (Å²) in [6.45, 7) is 1.85. The van der Waals surface area contributed by atoms with Crippen LogP contribution in [0.5, 0.6) is 0 Å². The van der Waals surface area contributed by atoms with Gasteiger partial charge in [-0.15, -0.1) is 0 Å². The lowest BCUT2D eigenvalue weighted by atomic mass is 10.2. The zero-order chi connectivity index (χ0) is 13.8. The van der Waals surface area contributed by atoms with Crippen molar-refractivity contribution < 1.29 is 9.34 Å². The Balaban J connectivity index is 2.32. The maximum Gasteiger partial charge on any atom is 0.316 e. The number of para-hydroxylation sites is 1. The maximum absolute atomic E-state index is 11.1. The zero-order valence-corrected chi connectivity index (χ0v) is 10.3. The summed E-state index contributed by atoms with van der Waals surface area (Å²) in [5.41, 5.74) is 2.86. The predicted octanol–water partition coefficient (Wildman–Crippen LogP) is 2.65. The summed E-state index contributed by atoms with van der Waals surface area (Å²) in [7, 11) is 0. The van der Waals surface area contributed by atoms with Gasteiger partial charge in [0.05, 0.1) is 17.2 Å². The Morgan fingerprint density at radius 2 is 2.05 bits per heavy atom. The van der Waals surface area contributed by atoms with Crippen molar-refractivity contribution in [3.63, 3.8) is 0 Å². The molecule has 4 N–H and O–H groups in total. The Hall–Kier alpha value is -2.54. The number of furan rings is 1. The first-order chi connectivity index (χ1) is 9.13. The molecule has 1 atom stereocenters. The summed E-state index contributed by atoms with van der Waals surface area (Å²) in [6.07, 6.45) is 1.56. The standard InChI is InChI=1S/C12H14N4O3/c1-8(11-6-3-7-19-11)14-9-4-2-5-10(15-13)12(9)16(17)18/h2-8,14-15H,13H2,1H3. The SMILES string of the molecule is CC(Nc1cccc(NN)c1[N+](=O)[O-])c1ccco1. The molecule has 19 heavy (non-hydrogen) atoms. The topological polar surface area (TPSA) is 106 Å². The highest BCUT2D eigenvalue weighted by Gasteiger charge is 2.21. The minimum atomic E-state index is -0.480. The van der Waals surface area contributed by atoms with E-state index in [1.165, 1.54) is 0 Å². The average Bonchev–Trinajstić information content (AvgIpc) is 2.92. The quantitative estimate of drug-likeness (QED) is 0.434. The molecule has 0 saturated carbocycles. The van der Waals surface area contributed by atoms with E-state index in [2.05, 4.69) is 10.7 Å². The van der Waals surface area contributed by atoms with E-state index in [-0.39, 0.29) is 17.4 Å². The number of hydrogen-bond donors (Lipinski definition) is 3. The van der Waals surface area contributed by atoms with Crippen molar-refractivity contribution in [3.8, 4) is 0 Å². The molecule has 1 unspecified atom stereocenters. The molecule has 100 valence electrons. The highest BCUT2D eigenvalue weighted by molar-refractivity contribution is 5.76. The Labute approximate surface area is 109 Å². The molecule has 1 aromatic heterocycles. The van der Waals surface area contributed by atoms with Crippen molar-refractivity contribution >= 4 is 17.1 Å². The molecule has 0 saturated heterocycles. The molecule has 7 nitrogen and oxygen atoms in total. The molecule has 0 amide bonds. The van der Waals surface area contributed by atoms with Crippen molar-refractivity contribution in [2.45, 2.75) is 13.0 Å². The minimum absolute atomic E-state index is 0.0941. The van der Waals surface area contributed by atoms with Gasteiger partial charge in [0.2, 0.25) is 0 Å². The third kappa shape index (κ3) is 2.66. The molecule has 2 rings (SSSR count). The van der Waals surface area contributed by atoms with E-state index >= 15 is 0 Å². The molecule has 0 spiro atoms. The number of anilines is 2. The molecule has 0 fully saturated rings. The van der Waals surface area contributed by atoms with Gasteiger partial charge >= 0.3 is 5.69 Å². The fourth-order valence-electron chi connectivity index (χ4n) is 1.82. The third-order valence-electron chi connectivity index (χ3n) is 2.72. The van der Waals surface area contributed by atoms with Crippen LogP contribution in [0.15, 0.2) is 41.0 Å². The number of rotatable bonds is 5. The first-order valence-corrected chi connectivity index (χ1v) is 5.67. The molecule has 1 aromatic carbocycles. The Morgan fingerprint density at radius 1 is 1.32 bits per heavy atom. The molecular formula is C12H14N4O3. The van der Waals surface area contributed by atoms with Gasteiger partial charge in [0, 0.05) is 0 Å². The largest absolute Gasteiger partial charge is 0.467 e. The Kier molecular flexibility index (Phi) is 3.67. The van der Waals surface area contributed by atoms with Gasteiger partial charge in [-0.25, -0.2) is 0 Å². The number of hydrogen-bond acceptors (Lipinski definition) is 6. The molecule has 0 radical (unpaired) electrons. The molecule has 0 aliphatic heterocycles. The first-order valence-electron chi connectivity index (χ1n) is 5.67. The number of benzene rings is 1. The van der Waals surface area contributed by atoms with E-state index in [0.29, 0.717) is 11.4 Å². The molecule has 0 aliphatic carbocycles. The number of nitro benzene ring substituents is 1. The van der Waals surface area contributed by atoms with Crippen molar-refractivity contribution in [1.29, 1.82) is 0 Å². The summed E-state index contributed by atoms with van der Waals surface area (Å²) in [5.74, 6) is 5.98. The lowest BCUT2D eigenvalue weighted by molar-refractivity contribution is -0.383. The van der Waals surface area contributed by atoms with Crippen LogP contribution in [0.25, 0.3) is 0 Å². The second-order valence-corrected chi connectivity index (χ2v) is 3.98. The number of nitrogens with one attached hydrogen (secondary N) is 2. The minimum Gasteiger partial charge on any atom is -0.467 e. The van der Waals surface area contributed by atoms with E-state index < -0.39 is 4.92 Å². The van der Waals surface area contributed by atoms with E-state index in [1.807, 2.05) is 6.92 Å². The fourth-order valence-corrected chi connectivity index (χ4v) is 1.82. The number of nitrogen functional groups attached to an aromatic ring is 1. The average molecular weight is 262 g/mol. The first kappa shape index (κ1) is 12.9. The molecule has 2 aromatic rings. The van der Waals surface area contributed by atoms with Gasteiger partial charge in [-0.1, -0.05) is 6.07 Å². The van der Waals surface area contributed by atoms with Crippen LogP contribution in [0.2, 0.25) is 0 Å². The lowest BCUT2D eigenvalue weighted by Crippen LogP contribution is -2.12. The van der Waals surface area contributed by atoms with Crippen molar-refractivity contribution in [2.24, 2.45) is 5.84 Å². The van der Waals surface area contributed by atoms with Gasteiger partial charge in [0.1, 0.15) is 17.1 Å². The van der Waals surface area contributed by atoms with Crippen LogP contribution < -0.4 is 16.6 Å². The number of nitro groups is 1. The van der Waals surface area contributed by atoms with Crippen LogP contribution in [0.3, 0.4) is 0 Å². The Bertz CT molecular complexity index is 568. The van der Waals surface area contributed by atoms with Crippen LogP contribution in [-0.4, -0.2) is 4.92 Å². The normalized spacial score (nSPS) is 11.9. The van der Waals surface area contributed by atoms with E-state index in [0.717, 1.165) is 0 Å². The van der Waals surface area contributed by atoms with Crippen LogP contribution in [0.1, 0.15) is 18.7 Å². The highest BCUT2D eigenvalue weighted by Crippen LogP contribution is 2.34. The van der Waals surface area contributed by atoms with E-state index in [4.69, 9.17) is 10.3 Å². The van der Waals surface area contributed by atoms with Gasteiger partial charge in [-0.2, -0.15) is 0 Å². The lowest BCUT2D eigenvalue weighted by Gasteiger charge is -2.14. The van der Waals surface area contributed by atoms with E-state index in [9.17, 15) is 10.1 Å². The summed E-state index contributed by atoms with van der Waals surface area (Å²) in [6, 6.07) is 8.22. The number of nitrogens with two attached hydrogens (primary N) is 1. The second kappa shape index (κ2) is 5.40. The molecule has 0 aliphatic rings. The van der Waals surface area contributed by atoms with Crippen LogP contribution in [0.4, 0.5) is 17.1 Å². The second-order valence-electron chi connectivity index (χ2n) is 3.98. The number of hydrazine groups is 1. The van der Waals surface area contributed by atoms with Gasteiger partial charge in [-0.3, -0.25) is 16.0 Å². The van der Waals surface area contributed by atoms with Crippen LogP contribution >= 0.6 is 0 Å². The molecule has 0 bridgehead atoms. The molecule has 7 heteroatoms. The van der Waals surface area contributed by atoms with Crippen molar-refractivity contribution in [2.75, 3.05) is 10.7 Å². The summed E-state index contributed by atoms with van der Waals surface area (Å²) in [4.78, 5) is 10.6. The van der Waals surface area contributed by atoms with Gasteiger partial charge < -0.3 is 15.2 Å². The summed E-state index contributed by atoms with van der Waals surface area (Å²) >= 11 is 0. The predicted molar refractivity (Wildman–Crippen MR) is 71.7 cm³/mol. The Morgan fingerprint density at radius 3 is 2.63 bits per heavy atom. The number of nitrogens with zero attached hydrogens (tertiary/aromatic N) is 1. The van der Waals surface area contributed by atoms with Gasteiger partial charge in [-0.05, 0) is 31.2 Å². The van der Waals surface area contributed by atoms with Crippen molar-refractivity contribution in [1.82, 2.24) is 0 Å². The van der Waals surface area contributed by atoms with Crippen LogP contribution in [-0.2, 0) is 0 Å². The van der Waals surface area contributed by atoms with Crippen molar-refractivity contribution in [3.05, 3.63) is 52.5 Å². The van der Waals surface area contributed by atoms with E-state index in [1.54, 1.807) is 36.6 Å². The summed E-state index contributed by atoms with van der Waals surface area (Å²) < 4.78 is 5.25. The fraction of sp³-hybridized carbons (Fsp3) is 0.167. The molecule has 1 heterocycles. The van der Waals surface area contributed by atoms with Gasteiger partial charge in [0.15, 0.2) is 0 Å². The monoisotopic (exact) mass is 262 g/mol. The maximum atomic E-state index is 11.1. The molecular weight excluding hydrogens is 248 g/mol. The van der Waals surface area contributed by atoms with Crippen LogP contribution in [0, 0.1) is 10.1 Å². The summed E-state index contributed by atoms with van der Waals surface area (Å²) in [5, 5.41) is 14.2. The zero-order valence-electron chi connectivity index (χ0n) is 10.3. The smallest absolute Gasteiger partial charge is 0.316 e.